The lowest BCUT2D eigenvalue weighted by Crippen LogP contribution is -2.12. The van der Waals surface area contributed by atoms with E-state index in [4.69, 9.17) is 9.97 Å². The SMILES string of the molecule is Cc1cc(-c2ccccc2)nc(S[C@@H](C)c2nc3sc(C)c(C)c3c(=O)[nH]2)n1. The molecule has 5 nitrogen and oxygen atoms in total. The zero-order valence-corrected chi connectivity index (χ0v) is 17.7. The maximum absolute atomic E-state index is 12.6. The fourth-order valence-electron chi connectivity index (χ4n) is 3.03. The molecule has 28 heavy (non-hydrogen) atoms. The Morgan fingerprint density at radius 3 is 2.57 bits per heavy atom. The number of H-pyrrole nitrogens is 1. The van der Waals surface area contributed by atoms with E-state index in [0.717, 1.165) is 32.2 Å². The Balaban J connectivity index is 1.67. The van der Waals surface area contributed by atoms with Gasteiger partial charge >= 0.3 is 0 Å². The molecule has 0 aliphatic carbocycles. The number of nitrogens with one attached hydrogen (secondary N) is 1. The van der Waals surface area contributed by atoms with Gasteiger partial charge in [-0.1, -0.05) is 42.1 Å². The molecule has 0 spiro atoms. The van der Waals surface area contributed by atoms with Crippen molar-refractivity contribution in [2.45, 2.75) is 38.1 Å². The highest BCUT2D eigenvalue weighted by Gasteiger charge is 2.17. The fraction of sp³-hybridized carbons (Fsp3) is 0.238. The Morgan fingerprint density at radius 1 is 1.07 bits per heavy atom. The first-order valence-corrected chi connectivity index (χ1v) is 10.7. The van der Waals surface area contributed by atoms with Crippen LogP contribution in [0.15, 0.2) is 46.3 Å². The first-order valence-electron chi connectivity index (χ1n) is 9.00. The summed E-state index contributed by atoms with van der Waals surface area (Å²) in [6.07, 6.45) is 0. The van der Waals surface area contributed by atoms with E-state index < -0.39 is 0 Å². The number of aromatic amines is 1. The van der Waals surface area contributed by atoms with E-state index in [2.05, 4.69) is 9.97 Å². The number of hydrogen-bond donors (Lipinski definition) is 1. The van der Waals surface area contributed by atoms with Crippen molar-refractivity contribution in [3.63, 3.8) is 0 Å². The number of hydrogen-bond acceptors (Lipinski definition) is 6. The molecule has 1 aromatic carbocycles. The van der Waals surface area contributed by atoms with Gasteiger partial charge in [-0.15, -0.1) is 11.3 Å². The minimum atomic E-state index is -0.0792. The number of thiophene rings is 1. The summed E-state index contributed by atoms with van der Waals surface area (Å²) in [7, 11) is 0. The zero-order valence-electron chi connectivity index (χ0n) is 16.1. The molecule has 0 bridgehead atoms. The number of benzene rings is 1. The van der Waals surface area contributed by atoms with Crippen LogP contribution in [-0.2, 0) is 0 Å². The van der Waals surface area contributed by atoms with Crippen molar-refractivity contribution in [3.8, 4) is 11.3 Å². The third kappa shape index (κ3) is 3.59. The summed E-state index contributed by atoms with van der Waals surface area (Å²) >= 11 is 3.06. The summed E-state index contributed by atoms with van der Waals surface area (Å²) in [5.74, 6) is 0.648. The first-order chi connectivity index (χ1) is 13.4. The van der Waals surface area contributed by atoms with Gasteiger partial charge in [0.15, 0.2) is 5.16 Å². The molecule has 0 amide bonds. The first kappa shape index (κ1) is 18.8. The molecule has 4 aromatic rings. The molecule has 1 atom stereocenters. The molecular formula is C21H20N4OS2. The van der Waals surface area contributed by atoms with E-state index in [0.29, 0.717) is 16.4 Å². The predicted octanol–water partition coefficient (Wildman–Crippen LogP) is 5.22. The van der Waals surface area contributed by atoms with Gasteiger partial charge in [-0.3, -0.25) is 4.79 Å². The maximum Gasteiger partial charge on any atom is 0.259 e. The predicted molar refractivity (Wildman–Crippen MR) is 116 cm³/mol. The van der Waals surface area contributed by atoms with E-state index in [1.54, 1.807) is 11.3 Å². The summed E-state index contributed by atoms with van der Waals surface area (Å²) in [5, 5.41) is 1.29. The molecule has 0 unspecified atom stereocenters. The van der Waals surface area contributed by atoms with Gasteiger partial charge in [-0.2, -0.15) is 0 Å². The summed E-state index contributed by atoms with van der Waals surface area (Å²) in [6.45, 7) is 7.96. The molecule has 0 radical (unpaired) electrons. The molecule has 1 N–H and O–H groups in total. The molecule has 7 heteroatoms. The Kier molecular flexibility index (Phi) is 5.03. The van der Waals surface area contributed by atoms with Crippen LogP contribution in [0.3, 0.4) is 0 Å². The standard InChI is InChI=1S/C21H20N4OS2/c1-11-10-16(15-8-6-5-7-9-15)23-21(22-11)28-14(4)18-24-19(26)17-12(2)13(3)27-20(17)25-18/h5-10,14H,1-4H3,(H,24,25,26)/t14-/m0/s1. The van der Waals surface area contributed by atoms with Crippen molar-refractivity contribution < 1.29 is 0 Å². The van der Waals surface area contributed by atoms with Gasteiger partial charge < -0.3 is 4.98 Å². The van der Waals surface area contributed by atoms with E-state index in [1.165, 1.54) is 11.8 Å². The number of thioether (sulfide) groups is 1. The van der Waals surface area contributed by atoms with Crippen LogP contribution in [0.1, 0.15) is 34.1 Å². The number of rotatable bonds is 4. The van der Waals surface area contributed by atoms with Crippen LogP contribution in [0.25, 0.3) is 21.5 Å². The Bertz CT molecular complexity index is 1210. The lowest BCUT2D eigenvalue weighted by molar-refractivity contribution is 0.893. The third-order valence-corrected chi connectivity index (χ3v) is 6.70. The highest BCUT2D eigenvalue weighted by molar-refractivity contribution is 7.99. The van der Waals surface area contributed by atoms with Crippen molar-refractivity contribution >= 4 is 33.3 Å². The fourth-order valence-corrected chi connectivity index (χ4v) is 4.95. The van der Waals surface area contributed by atoms with Gasteiger partial charge in [0.05, 0.1) is 16.3 Å². The van der Waals surface area contributed by atoms with Crippen molar-refractivity contribution in [2.75, 3.05) is 0 Å². The average Bonchev–Trinajstić information content (AvgIpc) is 2.96. The molecule has 3 aromatic heterocycles. The second-order valence-corrected chi connectivity index (χ2v) is 9.23. The molecule has 142 valence electrons. The molecular weight excluding hydrogens is 388 g/mol. The van der Waals surface area contributed by atoms with Crippen LogP contribution >= 0.6 is 23.1 Å². The van der Waals surface area contributed by atoms with Crippen molar-refractivity contribution in [2.24, 2.45) is 0 Å². The second kappa shape index (κ2) is 7.48. The quantitative estimate of drug-likeness (QED) is 0.370. The largest absolute Gasteiger partial charge is 0.309 e. The van der Waals surface area contributed by atoms with E-state index in [-0.39, 0.29) is 10.8 Å². The number of fused-ring (bicyclic) bond motifs is 1. The molecule has 4 rings (SSSR count). The average molecular weight is 409 g/mol. The summed E-state index contributed by atoms with van der Waals surface area (Å²) in [5.41, 5.74) is 3.79. The van der Waals surface area contributed by atoms with E-state index in [1.807, 2.05) is 64.1 Å². The minimum absolute atomic E-state index is 0.0785. The Labute approximate surface area is 171 Å². The van der Waals surface area contributed by atoms with Gasteiger partial charge in [0.2, 0.25) is 0 Å². The van der Waals surface area contributed by atoms with Crippen LogP contribution in [0.5, 0.6) is 0 Å². The third-order valence-electron chi connectivity index (χ3n) is 4.63. The molecule has 0 saturated carbocycles. The molecule has 0 fully saturated rings. The highest BCUT2D eigenvalue weighted by Crippen LogP contribution is 2.33. The van der Waals surface area contributed by atoms with Gasteiger partial charge in [-0.05, 0) is 39.3 Å². The van der Waals surface area contributed by atoms with E-state index in [9.17, 15) is 4.79 Å². The maximum atomic E-state index is 12.6. The van der Waals surface area contributed by atoms with Gasteiger partial charge in [0, 0.05) is 16.1 Å². The van der Waals surface area contributed by atoms with Gasteiger partial charge in [0.25, 0.3) is 5.56 Å². The summed E-state index contributed by atoms with van der Waals surface area (Å²) in [6, 6.07) is 12.0. The molecule has 0 aliphatic rings. The second-order valence-electron chi connectivity index (χ2n) is 6.72. The Hall–Kier alpha value is -2.51. The lowest BCUT2D eigenvalue weighted by Gasteiger charge is -2.11. The van der Waals surface area contributed by atoms with Gasteiger partial charge in [-0.25, -0.2) is 15.0 Å². The highest BCUT2D eigenvalue weighted by atomic mass is 32.2. The van der Waals surface area contributed by atoms with Crippen molar-refractivity contribution in [1.82, 2.24) is 19.9 Å². The molecule has 0 aliphatic heterocycles. The van der Waals surface area contributed by atoms with Gasteiger partial charge in [0.1, 0.15) is 10.7 Å². The number of aromatic nitrogens is 4. The molecule has 3 heterocycles. The minimum Gasteiger partial charge on any atom is -0.309 e. The van der Waals surface area contributed by atoms with Crippen LogP contribution < -0.4 is 5.56 Å². The van der Waals surface area contributed by atoms with E-state index >= 15 is 0 Å². The zero-order chi connectivity index (χ0) is 19.8. The Morgan fingerprint density at radius 2 is 1.82 bits per heavy atom. The summed E-state index contributed by atoms with van der Waals surface area (Å²) < 4.78 is 0. The van der Waals surface area contributed by atoms with Crippen LogP contribution in [0.4, 0.5) is 0 Å². The monoisotopic (exact) mass is 408 g/mol. The van der Waals surface area contributed by atoms with Crippen molar-refractivity contribution in [3.05, 3.63) is 68.7 Å². The number of nitrogens with zero attached hydrogens (tertiary/aromatic N) is 3. The molecule has 0 saturated heterocycles. The topological polar surface area (TPSA) is 71.5 Å². The lowest BCUT2D eigenvalue weighted by atomic mass is 10.1. The smallest absolute Gasteiger partial charge is 0.259 e. The van der Waals surface area contributed by atoms with Crippen LogP contribution in [0.2, 0.25) is 0 Å². The van der Waals surface area contributed by atoms with Crippen LogP contribution in [0, 0.1) is 20.8 Å². The normalized spacial score (nSPS) is 12.4. The van der Waals surface area contributed by atoms with Crippen molar-refractivity contribution in [1.29, 1.82) is 0 Å². The van der Waals surface area contributed by atoms with Crippen LogP contribution in [-0.4, -0.2) is 19.9 Å². The number of aryl methyl sites for hydroxylation is 3. The summed E-state index contributed by atoms with van der Waals surface area (Å²) in [4.78, 5) is 31.4.